The first-order valence-corrected chi connectivity index (χ1v) is 4.31. The lowest BCUT2D eigenvalue weighted by molar-refractivity contribution is -0.380. The predicted molar refractivity (Wildman–Crippen MR) is 50.2 cm³/mol. The van der Waals surface area contributed by atoms with Gasteiger partial charge in [0.15, 0.2) is 0 Å². The smallest absolute Gasteiger partial charge is 0.274 e. The van der Waals surface area contributed by atoms with Crippen molar-refractivity contribution < 1.29 is 9.72 Å². The molecule has 0 fully saturated rings. The molecule has 1 heterocycles. The molecule has 14 heavy (non-hydrogen) atoms. The second-order valence-corrected chi connectivity index (χ2v) is 3.26. The fourth-order valence-electron chi connectivity index (χ4n) is 0.601. The molecule has 1 rings (SSSR count). The predicted octanol–water partition coefficient (Wildman–Crippen LogP) is 0.521. The van der Waals surface area contributed by atoms with Gasteiger partial charge in [-0.15, -0.1) is 0 Å². The van der Waals surface area contributed by atoms with E-state index < -0.39 is 4.92 Å². The van der Waals surface area contributed by atoms with Crippen molar-refractivity contribution in [3.63, 3.8) is 0 Å². The molecule has 0 unspecified atom stereocenters. The largest absolute Gasteiger partial charge is 0.344 e. The summed E-state index contributed by atoms with van der Waals surface area (Å²) in [6.45, 7) is 1.31. The van der Waals surface area contributed by atoms with Crippen molar-refractivity contribution in [2.24, 2.45) is 5.10 Å². The number of hydrazone groups is 1. The van der Waals surface area contributed by atoms with Gasteiger partial charge in [-0.1, -0.05) is 0 Å². The van der Waals surface area contributed by atoms with Crippen LogP contribution in [0.3, 0.4) is 0 Å². The summed E-state index contributed by atoms with van der Waals surface area (Å²) < 4.78 is 0. The molecule has 0 spiro atoms. The van der Waals surface area contributed by atoms with Gasteiger partial charge in [0.2, 0.25) is 5.91 Å². The van der Waals surface area contributed by atoms with Crippen LogP contribution in [0.15, 0.2) is 11.3 Å². The Morgan fingerprint density at radius 2 is 2.57 bits per heavy atom. The first kappa shape index (κ1) is 10.3. The van der Waals surface area contributed by atoms with Crippen LogP contribution in [-0.4, -0.2) is 22.0 Å². The van der Waals surface area contributed by atoms with E-state index in [0.717, 1.165) is 17.5 Å². The van der Waals surface area contributed by atoms with E-state index in [0.29, 0.717) is 5.01 Å². The van der Waals surface area contributed by atoms with E-state index in [1.54, 1.807) is 0 Å². The molecule has 0 aliphatic rings. The van der Waals surface area contributed by atoms with E-state index in [1.807, 2.05) is 0 Å². The van der Waals surface area contributed by atoms with E-state index in [9.17, 15) is 14.9 Å². The lowest BCUT2D eigenvalue weighted by Gasteiger charge is -1.87. The number of carbonyl (C=O) groups excluding carboxylic acids is 1. The van der Waals surface area contributed by atoms with Crippen molar-refractivity contribution in [2.45, 2.75) is 6.92 Å². The highest BCUT2D eigenvalue weighted by molar-refractivity contribution is 7.16. The number of aromatic nitrogens is 1. The number of rotatable bonds is 3. The van der Waals surface area contributed by atoms with Gasteiger partial charge < -0.3 is 0 Å². The molecule has 1 aromatic rings. The molecular weight excluding hydrogens is 208 g/mol. The van der Waals surface area contributed by atoms with Gasteiger partial charge >= 0.3 is 5.00 Å². The lowest BCUT2D eigenvalue weighted by Crippen LogP contribution is -2.12. The van der Waals surface area contributed by atoms with Gasteiger partial charge in [-0.05, 0) is 11.3 Å². The maximum atomic E-state index is 10.4. The summed E-state index contributed by atoms with van der Waals surface area (Å²) in [5.74, 6) is -0.313. The summed E-state index contributed by atoms with van der Waals surface area (Å²) in [4.78, 5) is 23.8. The van der Waals surface area contributed by atoms with Crippen LogP contribution in [0.25, 0.3) is 0 Å². The van der Waals surface area contributed by atoms with Gasteiger partial charge in [0.1, 0.15) is 11.2 Å². The normalized spacial score (nSPS) is 10.4. The average molecular weight is 214 g/mol. The van der Waals surface area contributed by atoms with Crippen molar-refractivity contribution in [2.75, 3.05) is 0 Å². The number of carbonyl (C=O) groups is 1. The van der Waals surface area contributed by atoms with Crippen molar-refractivity contribution in [3.8, 4) is 0 Å². The highest BCUT2D eigenvalue weighted by Crippen LogP contribution is 2.19. The van der Waals surface area contributed by atoms with Gasteiger partial charge in [-0.3, -0.25) is 14.9 Å². The zero-order chi connectivity index (χ0) is 10.6. The third kappa shape index (κ3) is 2.90. The van der Waals surface area contributed by atoms with Crippen LogP contribution in [-0.2, 0) is 4.79 Å². The zero-order valence-electron chi connectivity index (χ0n) is 7.13. The molecule has 0 aliphatic carbocycles. The minimum absolute atomic E-state index is 0.0609. The quantitative estimate of drug-likeness (QED) is 0.450. The highest BCUT2D eigenvalue weighted by Gasteiger charge is 2.09. The number of hydrogen-bond donors (Lipinski definition) is 1. The second kappa shape index (κ2) is 4.42. The number of nitrogens with zero attached hydrogens (tertiary/aromatic N) is 3. The number of hydrogen-bond acceptors (Lipinski definition) is 6. The molecule has 1 N–H and O–H groups in total. The van der Waals surface area contributed by atoms with Gasteiger partial charge in [0.25, 0.3) is 0 Å². The van der Waals surface area contributed by atoms with Crippen molar-refractivity contribution in [3.05, 3.63) is 21.3 Å². The highest BCUT2D eigenvalue weighted by atomic mass is 32.1. The fourth-order valence-corrected chi connectivity index (χ4v) is 1.21. The summed E-state index contributed by atoms with van der Waals surface area (Å²) in [5.41, 5.74) is 2.16. The Balaban J connectivity index is 2.64. The molecule has 0 aliphatic heterocycles. The third-order valence-electron chi connectivity index (χ3n) is 1.09. The van der Waals surface area contributed by atoms with Crippen LogP contribution in [0.2, 0.25) is 0 Å². The van der Waals surface area contributed by atoms with E-state index >= 15 is 0 Å². The number of nitro groups is 1. The van der Waals surface area contributed by atoms with E-state index in [-0.39, 0.29) is 10.9 Å². The maximum absolute atomic E-state index is 10.4. The molecule has 7 nitrogen and oxygen atoms in total. The fraction of sp³-hybridized carbons (Fsp3) is 0.167. The topological polar surface area (TPSA) is 97.5 Å². The second-order valence-electron chi connectivity index (χ2n) is 2.22. The van der Waals surface area contributed by atoms with E-state index in [2.05, 4.69) is 15.5 Å². The monoisotopic (exact) mass is 214 g/mol. The SMILES string of the molecule is CC(=O)NN=Cc1ncc([N+](=O)[O-])s1. The van der Waals surface area contributed by atoms with E-state index in [1.165, 1.54) is 13.1 Å². The Morgan fingerprint density at radius 3 is 3.07 bits per heavy atom. The maximum Gasteiger partial charge on any atom is 0.344 e. The first-order valence-electron chi connectivity index (χ1n) is 3.49. The summed E-state index contributed by atoms with van der Waals surface area (Å²) in [5, 5.41) is 14.1. The number of thiazole rings is 1. The standard InChI is InChI=1S/C6H6N4O3S/c1-4(11)9-8-2-5-7-3-6(14-5)10(12)13/h2-3H,1H3,(H,9,11). The zero-order valence-corrected chi connectivity index (χ0v) is 7.95. The molecule has 0 radical (unpaired) electrons. The number of amides is 1. The van der Waals surface area contributed by atoms with Crippen LogP contribution >= 0.6 is 11.3 Å². The molecule has 0 saturated heterocycles. The van der Waals surface area contributed by atoms with Gasteiger partial charge in [0.05, 0.1) is 11.1 Å². The van der Waals surface area contributed by atoms with Crippen molar-refractivity contribution >= 4 is 28.5 Å². The lowest BCUT2D eigenvalue weighted by atomic mass is 10.7. The molecular formula is C6H6N4O3S. The van der Waals surface area contributed by atoms with Gasteiger partial charge in [0, 0.05) is 6.92 Å². The van der Waals surface area contributed by atoms with Crippen molar-refractivity contribution in [1.29, 1.82) is 0 Å². The Bertz CT molecular complexity index is 386. The molecule has 0 bridgehead atoms. The Kier molecular flexibility index (Phi) is 3.24. The molecule has 1 amide bonds. The van der Waals surface area contributed by atoms with Gasteiger partial charge in [-0.25, -0.2) is 10.4 Å². The summed E-state index contributed by atoms with van der Waals surface area (Å²) in [7, 11) is 0. The Labute approximate surface area is 82.6 Å². The average Bonchev–Trinajstić information content (AvgIpc) is 2.52. The first-order chi connectivity index (χ1) is 6.59. The van der Waals surface area contributed by atoms with E-state index in [4.69, 9.17) is 0 Å². The summed E-state index contributed by atoms with van der Waals surface area (Å²) in [6.07, 6.45) is 2.39. The van der Waals surface area contributed by atoms with Crippen LogP contribution in [0, 0.1) is 10.1 Å². The summed E-state index contributed by atoms with van der Waals surface area (Å²) in [6, 6.07) is 0. The summed E-state index contributed by atoms with van der Waals surface area (Å²) >= 11 is 0.882. The third-order valence-corrected chi connectivity index (χ3v) is 1.97. The van der Waals surface area contributed by atoms with Crippen LogP contribution in [0.5, 0.6) is 0 Å². The molecule has 1 aromatic heterocycles. The molecule has 0 aromatic carbocycles. The molecule has 0 atom stereocenters. The molecule has 8 heteroatoms. The minimum Gasteiger partial charge on any atom is -0.274 e. The van der Waals surface area contributed by atoms with Crippen LogP contribution < -0.4 is 5.43 Å². The Hall–Kier alpha value is -1.83. The van der Waals surface area contributed by atoms with Crippen molar-refractivity contribution in [1.82, 2.24) is 10.4 Å². The molecule has 0 saturated carbocycles. The van der Waals surface area contributed by atoms with Crippen LogP contribution in [0.1, 0.15) is 11.9 Å². The molecule has 74 valence electrons. The Morgan fingerprint density at radius 1 is 1.86 bits per heavy atom. The number of nitrogens with one attached hydrogen (secondary N) is 1. The van der Waals surface area contributed by atoms with Crippen LogP contribution in [0.4, 0.5) is 5.00 Å². The minimum atomic E-state index is -0.534. The van der Waals surface area contributed by atoms with Gasteiger partial charge in [-0.2, -0.15) is 5.10 Å².